The maximum Gasteiger partial charge on any atom is 0.180 e. The molecule has 0 atom stereocenters. The fourth-order valence-electron chi connectivity index (χ4n) is 1.42. The molecule has 0 aliphatic carbocycles. The van der Waals surface area contributed by atoms with E-state index in [4.69, 9.17) is 5.73 Å². The number of hydrogen-bond acceptors (Lipinski definition) is 5. The lowest BCUT2D eigenvalue weighted by molar-refractivity contribution is 0.0991. The van der Waals surface area contributed by atoms with Crippen molar-refractivity contribution in [3.05, 3.63) is 40.7 Å². The van der Waals surface area contributed by atoms with E-state index in [9.17, 15) is 4.79 Å². The number of carbonyl (C=O) groups excluding carboxylic acids is 1. The van der Waals surface area contributed by atoms with Crippen molar-refractivity contribution in [2.24, 2.45) is 0 Å². The van der Waals surface area contributed by atoms with E-state index in [2.05, 4.69) is 9.97 Å². The number of hydrogen-bond donors (Lipinski definition) is 1. The Balaban J connectivity index is 2.18. The van der Waals surface area contributed by atoms with Gasteiger partial charge in [-0.05, 0) is 18.6 Å². The Morgan fingerprint density at radius 3 is 3.00 bits per heavy atom. The summed E-state index contributed by atoms with van der Waals surface area (Å²) in [6, 6.07) is 1.82. The van der Waals surface area contributed by atoms with Gasteiger partial charge in [0.25, 0.3) is 0 Å². The Morgan fingerprint density at radius 1 is 1.56 bits per heavy atom. The second-order valence-corrected chi connectivity index (χ2v) is 4.36. The highest BCUT2D eigenvalue weighted by Gasteiger charge is 2.11. The number of carbonyl (C=O) groups is 1. The van der Waals surface area contributed by atoms with E-state index < -0.39 is 0 Å². The number of Topliss-reactive ketones (excluding diaryl/α,β-unsaturated/α-hetero) is 1. The van der Waals surface area contributed by atoms with E-state index in [0.717, 1.165) is 11.3 Å². The summed E-state index contributed by atoms with van der Waals surface area (Å²) in [7, 11) is 0. The van der Waals surface area contributed by atoms with Gasteiger partial charge in [-0.3, -0.25) is 9.78 Å². The second kappa shape index (κ2) is 4.40. The van der Waals surface area contributed by atoms with Gasteiger partial charge in [-0.25, -0.2) is 4.98 Å². The van der Waals surface area contributed by atoms with Gasteiger partial charge in [0.05, 0.1) is 12.1 Å². The molecule has 0 saturated carbocycles. The molecule has 0 spiro atoms. The van der Waals surface area contributed by atoms with Gasteiger partial charge in [0.2, 0.25) is 0 Å². The van der Waals surface area contributed by atoms with Crippen molar-refractivity contribution in [1.29, 1.82) is 0 Å². The number of nitrogen functional groups attached to an aromatic ring is 1. The first-order valence-electron chi connectivity index (χ1n) is 4.80. The molecule has 16 heavy (non-hydrogen) atoms. The predicted octanol–water partition coefficient (Wildman–Crippen LogP) is 1.85. The summed E-state index contributed by atoms with van der Waals surface area (Å²) in [5, 5.41) is 2.30. The average Bonchev–Trinajstić information content (AvgIpc) is 2.64. The van der Waals surface area contributed by atoms with Crippen LogP contribution in [0.25, 0.3) is 0 Å². The molecule has 0 aliphatic rings. The SMILES string of the molecule is Cc1ccncc1C(=O)Cc1csc(N)n1. The Hall–Kier alpha value is -1.75. The fraction of sp³-hybridized carbons (Fsp3) is 0.182. The van der Waals surface area contributed by atoms with Crippen LogP contribution < -0.4 is 5.73 Å². The average molecular weight is 233 g/mol. The number of pyridine rings is 1. The summed E-state index contributed by atoms with van der Waals surface area (Å²) in [6.45, 7) is 1.89. The third-order valence-corrected chi connectivity index (χ3v) is 2.97. The zero-order valence-corrected chi connectivity index (χ0v) is 9.62. The summed E-state index contributed by atoms with van der Waals surface area (Å²) in [5.74, 6) is 0.0240. The molecule has 0 fully saturated rings. The molecule has 0 amide bonds. The van der Waals surface area contributed by atoms with Gasteiger partial charge in [-0.1, -0.05) is 0 Å². The van der Waals surface area contributed by atoms with Crippen LogP contribution in [-0.4, -0.2) is 15.8 Å². The molecule has 0 bridgehead atoms. The summed E-state index contributed by atoms with van der Waals surface area (Å²) >= 11 is 1.34. The van der Waals surface area contributed by atoms with Gasteiger partial charge in [-0.2, -0.15) is 0 Å². The highest BCUT2D eigenvalue weighted by molar-refractivity contribution is 7.13. The maximum absolute atomic E-state index is 11.9. The minimum Gasteiger partial charge on any atom is -0.375 e. The zero-order chi connectivity index (χ0) is 11.5. The number of aryl methyl sites for hydroxylation is 1. The Kier molecular flexibility index (Phi) is 2.96. The lowest BCUT2D eigenvalue weighted by atomic mass is 10.0. The van der Waals surface area contributed by atoms with Crippen LogP contribution in [0.2, 0.25) is 0 Å². The first-order valence-corrected chi connectivity index (χ1v) is 5.68. The number of rotatable bonds is 3. The zero-order valence-electron chi connectivity index (χ0n) is 8.80. The smallest absolute Gasteiger partial charge is 0.180 e. The molecule has 5 heteroatoms. The van der Waals surface area contributed by atoms with Crippen molar-refractivity contribution < 1.29 is 4.79 Å². The quantitative estimate of drug-likeness (QED) is 0.821. The second-order valence-electron chi connectivity index (χ2n) is 3.47. The van der Waals surface area contributed by atoms with Crippen LogP contribution in [0.5, 0.6) is 0 Å². The molecule has 2 aromatic heterocycles. The minimum atomic E-state index is 0.0240. The van der Waals surface area contributed by atoms with E-state index >= 15 is 0 Å². The van der Waals surface area contributed by atoms with Crippen LogP contribution in [0.15, 0.2) is 23.8 Å². The van der Waals surface area contributed by atoms with Gasteiger partial charge >= 0.3 is 0 Å². The van der Waals surface area contributed by atoms with Crippen LogP contribution in [0.4, 0.5) is 5.13 Å². The topological polar surface area (TPSA) is 68.9 Å². The summed E-state index contributed by atoms with van der Waals surface area (Å²) < 4.78 is 0. The molecular weight excluding hydrogens is 222 g/mol. The van der Waals surface area contributed by atoms with Crippen molar-refractivity contribution in [2.45, 2.75) is 13.3 Å². The van der Waals surface area contributed by atoms with E-state index in [1.54, 1.807) is 17.8 Å². The third-order valence-electron chi connectivity index (χ3n) is 2.25. The molecule has 2 N–H and O–H groups in total. The number of ketones is 1. The molecular formula is C11H11N3OS. The van der Waals surface area contributed by atoms with E-state index in [1.165, 1.54) is 11.3 Å². The fourth-order valence-corrected chi connectivity index (χ4v) is 1.98. The maximum atomic E-state index is 11.9. The summed E-state index contributed by atoms with van der Waals surface area (Å²) in [5.41, 5.74) is 7.81. The van der Waals surface area contributed by atoms with E-state index in [-0.39, 0.29) is 12.2 Å². The number of nitrogens with two attached hydrogens (primary N) is 1. The number of thiazole rings is 1. The van der Waals surface area contributed by atoms with E-state index in [0.29, 0.717) is 10.7 Å². The Labute approximate surface area is 97.2 Å². The molecule has 2 heterocycles. The Bertz CT molecular complexity index is 521. The molecule has 0 aliphatic heterocycles. The standard InChI is InChI=1S/C11H11N3OS/c1-7-2-3-13-5-9(7)10(15)4-8-6-16-11(12)14-8/h2-3,5-6H,4H2,1H3,(H2,12,14). The van der Waals surface area contributed by atoms with Gasteiger partial charge in [0.1, 0.15) is 0 Å². The van der Waals surface area contributed by atoms with Crippen LogP contribution in [-0.2, 0) is 6.42 Å². The van der Waals surface area contributed by atoms with Crippen molar-refractivity contribution in [2.75, 3.05) is 5.73 Å². The van der Waals surface area contributed by atoms with Gasteiger partial charge in [-0.15, -0.1) is 11.3 Å². The highest BCUT2D eigenvalue weighted by Crippen LogP contribution is 2.14. The van der Waals surface area contributed by atoms with Crippen LogP contribution in [0.3, 0.4) is 0 Å². The largest absolute Gasteiger partial charge is 0.375 e. The molecule has 0 radical (unpaired) electrons. The molecule has 0 aromatic carbocycles. The molecule has 0 saturated heterocycles. The monoisotopic (exact) mass is 233 g/mol. The van der Waals surface area contributed by atoms with Crippen LogP contribution in [0.1, 0.15) is 21.6 Å². The van der Waals surface area contributed by atoms with Gasteiger partial charge in [0.15, 0.2) is 10.9 Å². The molecule has 4 nitrogen and oxygen atoms in total. The number of nitrogens with zero attached hydrogens (tertiary/aromatic N) is 2. The lowest BCUT2D eigenvalue weighted by Crippen LogP contribution is -2.06. The highest BCUT2D eigenvalue weighted by atomic mass is 32.1. The lowest BCUT2D eigenvalue weighted by Gasteiger charge is -2.01. The van der Waals surface area contributed by atoms with Crippen LogP contribution >= 0.6 is 11.3 Å². The summed E-state index contributed by atoms with van der Waals surface area (Å²) in [6.07, 6.45) is 3.54. The predicted molar refractivity (Wildman–Crippen MR) is 63.5 cm³/mol. The molecule has 2 rings (SSSR count). The first-order chi connectivity index (χ1) is 7.66. The number of anilines is 1. The molecule has 82 valence electrons. The number of aromatic nitrogens is 2. The first kappa shape index (κ1) is 10.8. The van der Waals surface area contributed by atoms with Crippen molar-refractivity contribution in [3.8, 4) is 0 Å². The Morgan fingerprint density at radius 2 is 2.38 bits per heavy atom. The van der Waals surface area contributed by atoms with Gasteiger partial charge < -0.3 is 5.73 Å². The molecule has 2 aromatic rings. The van der Waals surface area contributed by atoms with Crippen molar-refractivity contribution in [3.63, 3.8) is 0 Å². The summed E-state index contributed by atoms with van der Waals surface area (Å²) in [4.78, 5) is 19.9. The van der Waals surface area contributed by atoms with E-state index in [1.807, 2.05) is 13.0 Å². The van der Waals surface area contributed by atoms with Gasteiger partial charge in [0, 0.05) is 23.3 Å². The van der Waals surface area contributed by atoms with Crippen molar-refractivity contribution >= 4 is 22.3 Å². The molecule has 0 unspecified atom stereocenters. The third kappa shape index (κ3) is 2.25. The minimum absolute atomic E-state index is 0.0240. The normalized spacial score (nSPS) is 10.3. The van der Waals surface area contributed by atoms with Crippen molar-refractivity contribution in [1.82, 2.24) is 9.97 Å². The van der Waals surface area contributed by atoms with Crippen LogP contribution in [0, 0.1) is 6.92 Å².